The van der Waals surface area contributed by atoms with E-state index in [0.717, 1.165) is 3.57 Å². The highest BCUT2D eigenvalue weighted by molar-refractivity contribution is 14.1. The van der Waals surface area contributed by atoms with E-state index in [1.807, 2.05) is 6.07 Å². The summed E-state index contributed by atoms with van der Waals surface area (Å²) in [5.74, 6) is 0. The molecule has 1 rings (SSSR count). The summed E-state index contributed by atoms with van der Waals surface area (Å²) >= 11 is 8.05. The van der Waals surface area contributed by atoms with Crippen LogP contribution in [-0.2, 0) is 4.74 Å². The molecule has 0 aliphatic carbocycles. The summed E-state index contributed by atoms with van der Waals surface area (Å²) in [5, 5.41) is 3.43. The van der Waals surface area contributed by atoms with Crippen LogP contribution in [0.15, 0.2) is 18.2 Å². The third kappa shape index (κ3) is 6.32. The molecular weight excluding hydrogens is 369 g/mol. The average Bonchev–Trinajstić information content (AvgIpc) is 2.18. The molecule has 1 aromatic rings. The molecule has 96 valence electrons. The summed E-state index contributed by atoms with van der Waals surface area (Å²) in [6.07, 6.45) is -4.28. The summed E-state index contributed by atoms with van der Waals surface area (Å²) in [4.78, 5) is 0. The molecule has 1 aromatic carbocycles. The van der Waals surface area contributed by atoms with Gasteiger partial charge in [0.15, 0.2) is 0 Å². The first-order valence-electron chi connectivity index (χ1n) is 4.72. The first kappa shape index (κ1) is 14.8. The van der Waals surface area contributed by atoms with Gasteiger partial charge in [0.2, 0.25) is 0 Å². The van der Waals surface area contributed by atoms with Crippen LogP contribution < -0.4 is 5.32 Å². The summed E-state index contributed by atoms with van der Waals surface area (Å²) in [7, 11) is 0. The molecule has 0 saturated carbocycles. The topological polar surface area (TPSA) is 21.3 Å². The zero-order valence-corrected chi connectivity index (χ0v) is 11.6. The van der Waals surface area contributed by atoms with Crippen LogP contribution in [0.4, 0.5) is 18.9 Å². The molecule has 0 atom stereocenters. The van der Waals surface area contributed by atoms with E-state index in [2.05, 4.69) is 32.6 Å². The van der Waals surface area contributed by atoms with Crippen LogP contribution in [0.3, 0.4) is 0 Å². The van der Waals surface area contributed by atoms with E-state index in [4.69, 9.17) is 11.6 Å². The van der Waals surface area contributed by atoms with Crippen LogP contribution >= 0.6 is 34.2 Å². The normalized spacial score (nSPS) is 11.6. The molecule has 0 spiro atoms. The molecule has 2 nitrogen and oxygen atoms in total. The number of nitrogens with one attached hydrogen (secondary N) is 1. The van der Waals surface area contributed by atoms with Gasteiger partial charge in [0.25, 0.3) is 0 Å². The molecule has 0 amide bonds. The molecule has 0 fully saturated rings. The van der Waals surface area contributed by atoms with Crippen LogP contribution in [0, 0.1) is 3.57 Å². The SMILES string of the molecule is FC(F)(F)COCCNc1ccc(I)cc1Cl. The molecule has 1 N–H and O–H groups in total. The van der Waals surface area contributed by atoms with Crippen molar-refractivity contribution in [1.82, 2.24) is 0 Å². The maximum atomic E-state index is 11.7. The zero-order valence-electron chi connectivity index (χ0n) is 8.65. The van der Waals surface area contributed by atoms with Gasteiger partial charge in [-0.2, -0.15) is 13.2 Å². The molecule has 0 aliphatic heterocycles. The van der Waals surface area contributed by atoms with E-state index < -0.39 is 12.8 Å². The van der Waals surface area contributed by atoms with Gasteiger partial charge >= 0.3 is 6.18 Å². The molecule has 0 unspecified atom stereocenters. The lowest BCUT2D eigenvalue weighted by Crippen LogP contribution is -2.20. The third-order valence-corrected chi connectivity index (χ3v) is 2.74. The van der Waals surface area contributed by atoms with Crippen LogP contribution in [0.25, 0.3) is 0 Å². The second-order valence-corrected chi connectivity index (χ2v) is 4.87. The summed E-state index contributed by atoms with van der Waals surface area (Å²) in [6.45, 7) is -0.979. The Hall–Kier alpha value is -0.210. The number of alkyl halides is 3. The van der Waals surface area contributed by atoms with E-state index in [1.165, 1.54) is 0 Å². The van der Waals surface area contributed by atoms with E-state index in [0.29, 0.717) is 10.7 Å². The largest absolute Gasteiger partial charge is 0.411 e. The van der Waals surface area contributed by atoms with Gasteiger partial charge in [0.1, 0.15) is 6.61 Å². The maximum Gasteiger partial charge on any atom is 0.411 e. The Morgan fingerprint density at radius 1 is 1.35 bits per heavy atom. The second kappa shape index (κ2) is 6.65. The Labute approximate surface area is 116 Å². The highest BCUT2D eigenvalue weighted by atomic mass is 127. The van der Waals surface area contributed by atoms with E-state index in [-0.39, 0.29) is 13.2 Å². The van der Waals surface area contributed by atoms with Gasteiger partial charge in [0.05, 0.1) is 17.3 Å². The quantitative estimate of drug-likeness (QED) is 0.618. The first-order valence-corrected chi connectivity index (χ1v) is 6.17. The van der Waals surface area contributed by atoms with Crippen molar-refractivity contribution in [3.05, 3.63) is 26.8 Å². The highest BCUT2D eigenvalue weighted by Crippen LogP contribution is 2.23. The van der Waals surface area contributed by atoms with Crippen molar-refractivity contribution in [1.29, 1.82) is 0 Å². The van der Waals surface area contributed by atoms with Gasteiger partial charge in [-0.3, -0.25) is 0 Å². The van der Waals surface area contributed by atoms with E-state index in [9.17, 15) is 13.2 Å². The Bertz CT molecular complexity index is 373. The van der Waals surface area contributed by atoms with Crippen molar-refractivity contribution in [2.24, 2.45) is 0 Å². The highest BCUT2D eigenvalue weighted by Gasteiger charge is 2.27. The molecule has 0 heterocycles. The maximum absolute atomic E-state index is 11.7. The lowest BCUT2D eigenvalue weighted by atomic mass is 10.3. The number of ether oxygens (including phenoxy) is 1. The van der Waals surface area contributed by atoms with Crippen molar-refractivity contribution >= 4 is 39.9 Å². The monoisotopic (exact) mass is 379 g/mol. The van der Waals surface area contributed by atoms with Crippen LogP contribution in [0.5, 0.6) is 0 Å². The minimum Gasteiger partial charge on any atom is -0.382 e. The average molecular weight is 380 g/mol. The lowest BCUT2D eigenvalue weighted by molar-refractivity contribution is -0.172. The van der Waals surface area contributed by atoms with E-state index >= 15 is 0 Å². The van der Waals surface area contributed by atoms with Gasteiger partial charge in [0, 0.05) is 10.1 Å². The van der Waals surface area contributed by atoms with Crippen molar-refractivity contribution < 1.29 is 17.9 Å². The fourth-order valence-corrected chi connectivity index (χ4v) is 2.00. The lowest BCUT2D eigenvalue weighted by Gasteiger charge is -2.10. The predicted octanol–water partition coefficient (Wildman–Crippen LogP) is 3.94. The number of hydrogen-bond donors (Lipinski definition) is 1. The van der Waals surface area contributed by atoms with Gasteiger partial charge in [-0.1, -0.05) is 11.6 Å². The number of rotatable bonds is 5. The fraction of sp³-hybridized carbons (Fsp3) is 0.400. The van der Waals surface area contributed by atoms with Gasteiger partial charge in [-0.25, -0.2) is 0 Å². The Kier molecular flexibility index (Phi) is 5.81. The molecule has 7 heteroatoms. The van der Waals surface area contributed by atoms with Gasteiger partial charge in [-0.05, 0) is 40.8 Å². The molecule has 0 aliphatic rings. The first-order chi connectivity index (χ1) is 7.88. The summed E-state index contributed by atoms with van der Waals surface area (Å²) in [5.41, 5.74) is 0.683. The third-order valence-electron chi connectivity index (χ3n) is 1.76. The second-order valence-electron chi connectivity index (χ2n) is 3.22. The smallest absolute Gasteiger partial charge is 0.382 e. The molecular formula is C10H10ClF3INO. The molecule has 0 saturated heterocycles. The van der Waals surface area contributed by atoms with Crippen molar-refractivity contribution in [3.8, 4) is 0 Å². The number of anilines is 1. The predicted molar refractivity (Wildman–Crippen MR) is 69.5 cm³/mol. The van der Waals surface area contributed by atoms with E-state index in [1.54, 1.807) is 12.1 Å². The summed E-state index contributed by atoms with van der Waals surface area (Å²) < 4.78 is 40.7. The van der Waals surface area contributed by atoms with Crippen LogP contribution in [-0.4, -0.2) is 25.9 Å². The van der Waals surface area contributed by atoms with Crippen molar-refractivity contribution in [2.75, 3.05) is 25.1 Å². The van der Waals surface area contributed by atoms with Crippen molar-refractivity contribution in [3.63, 3.8) is 0 Å². The van der Waals surface area contributed by atoms with Gasteiger partial charge < -0.3 is 10.1 Å². The standard InChI is InChI=1S/C10H10ClF3INO/c11-8-5-7(15)1-2-9(8)16-3-4-17-6-10(12,13)14/h1-2,5,16H,3-4,6H2. The summed E-state index contributed by atoms with van der Waals surface area (Å²) in [6, 6.07) is 5.39. The Morgan fingerprint density at radius 2 is 2.06 bits per heavy atom. The number of hydrogen-bond acceptors (Lipinski definition) is 2. The molecule has 0 bridgehead atoms. The van der Waals surface area contributed by atoms with Gasteiger partial charge in [-0.15, -0.1) is 0 Å². The Morgan fingerprint density at radius 3 is 2.65 bits per heavy atom. The zero-order chi connectivity index (χ0) is 12.9. The van der Waals surface area contributed by atoms with Crippen molar-refractivity contribution in [2.45, 2.75) is 6.18 Å². The minimum absolute atomic E-state index is 0.0260. The fourth-order valence-electron chi connectivity index (χ4n) is 1.08. The molecule has 0 radical (unpaired) electrons. The number of halogens is 5. The van der Waals surface area contributed by atoms with Crippen LogP contribution in [0.2, 0.25) is 5.02 Å². The molecule has 0 aromatic heterocycles. The molecule has 17 heavy (non-hydrogen) atoms. The minimum atomic E-state index is -4.28. The Balaban J connectivity index is 2.27. The van der Waals surface area contributed by atoms with Crippen LogP contribution in [0.1, 0.15) is 0 Å². The number of benzene rings is 1.